The van der Waals surface area contributed by atoms with Crippen LogP contribution in [-0.4, -0.2) is 32.8 Å². The lowest BCUT2D eigenvalue weighted by Crippen LogP contribution is -2.38. The fourth-order valence-corrected chi connectivity index (χ4v) is 1.98. The topological polar surface area (TPSA) is 57.7 Å². The fourth-order valence-electron chi connectivity index (χ4n) is 1.98. The summed E-state index contributed by atoms with van der Waals surface area (Å²) in [7, 11) is 1.91. The van der Waals surface area contributed by atoms with E-state index in [1.807, 2.05) is 14.0 Å². The first-order valence-electron chi connectivity index (χ1n) is 5.59. The van der Waals surface area contributed by atoms with Gasteiger partial charge in [0, 0.05) is 20.1 Å². The second kappa shape index (κ2) is 4.22. The summed E-state index contributed by atoms with van der Waals surface area (Å²) in [4.78, 5) is 6.55. The molecular formula is C11H17N5. The average molecular weight is 219 g/mol. The minimum atomic E-state index is -0.129. The maximum absolute atomic E-state index is 9.04. The number of aromatic nitrogens is 3. The van der Waals surface area contributed by atoms with Gasteiger partial charge >= 0.3 is 0 Å². The van der Waals surface area contributed by atoms with E-state index in [4.69, 9.17) is 5.26 Å². The van der Waals surface area contributed by atoms with Crippen LogP contribution in [0.5, 0.6) is 0 Å². The van der Waals surface area contributed by atoms with E-state index >= 15 is 0 Å². The first-order valence-corrected chi connectivity index (χ1v) is 5.59. The highest BCUT2D eigenvalue weighted by molar-refractivity contribution is 4.99. The van der Waals surface area contributed by atoms with E-state index in [0.29, 0.717) is 0 Å². The summed E-state index contributed by atoms with van der Waals surface area (Å²) in [6, 6.07) is 2.41. The van der Waals surface area contributed by atoms with Gasteiger partial charge in [0.1, 0.15) is 12.2 Å². The fraction of sp³-hybridized carbons (Fsp3) is 0.727. The Bertz CT molecular complexity index is 395. The van der Waals surface area contributed by atoms with E-state index in [-0.39, 0.29) is 5.41 Å². The van der Waals surface area contributed by atoms with Gasteiger partial charge in [0.15, 0.2) is 0 Å². The van der Waals surface area contributed by atoms with Crippen molar-refractivity contribution in [3.8, 4) is 6.07 Å². The molecule has 0 saturated carbocycles. The molecule has 2 heterocycles. The molecule has 1 aromatic heterocycles. The molecule has 0 radical (unpaired) electrons. The second-order valence-corrected chi connectivity index (χ2v) is 4.75. The number of likely N-dealkylation sites (tertiary alicyclic amines) is 1. The quantitative estimate of drug-likeness (QED) is 0.742. The molecule has 5 nitrogen and oxygen atoms in total. The molecule has 0 aliphatic carbocycles. The Balaban J connectivity index is 1.92. The minimum Gasteiger partial charge on any atom is -0.296 e. The lowest BCUT2D eigenvalue weighted by atomic mass is 9.82. The second-order valence-electron chi connectivity index (χ2n) is 4.75. The normalized spacial score (nSPS) is 20.6. The number of hydrogen-bond acceptors (Lipinski definition) is 4. The summed E-state index contributed by atoms with van der Waals surface area (Å²) < 4.78 is 1.80. The van der Waals surface area contributed by atoms with Crippen molar-refractivity contribution in [3.05, 3.63) is 12.2 Å². The van der Waals surface area contributed by atoms with Gasteiger partial charge in [-0.2, -0.15) is 10.4 Å². The van der Waals surface area contributed by atoms with Gasteiger partial charge in [-0.3, -0.25) is 9.58 Å². The van der Waals surface area contributed by atoms with E-state index < -0.39 is 0 Å². The van der Waals surface area contributed by atoms with Gasteiger partial charge in [-0.25, -0.2) is 4.98 Å². The monoisotopic (exact) mass is 219 g/mol. The van der Waals surface area contributed by atoms with Crippen molar-refractivity contribution in [3.63, 3.8) is 0 Å². The minimum absolute atomic E-state index is 0.129. The van der Waals surface area contributed by atoms with Gasteiger partial charge in [0.25, 0.3) is 0 Å². The van der Waals surface area contributed by atoms with Gasteiger partial charge in [0.2, 0.25) is 0 Å². The Morgan fingerprint density at radius 2 is 2.19 bits per heavy atom. The van der Waals surface area contributed by atoms with Gasteiger partial charge in [-0.1, -0.05) is 0 Å². The molecule has 0 amide bonds. The van der Waals surface area contributed by atoms with Crippen molar-refractivity contribution in [1.29, 1.82) is 5.26 Å². The molecule has 2 rings (SSSR count). The van der Waals surface area contributed by atoms with Gasteiger partial charge in [-0.15, -0.1) is 0 Å². The highest BCUT2D eigenvalue weighted by Crippen LogP contribution is 2.30. The lowest BCUT2D eigenvalue weighted by Gasteiger charge is -2.34. The van der Waals surface area contributed by atoms with Crippen LogP contribution in [0.4, 0.5) is 0 Å². The van der Waals surface area contributed by atoms with E-state index in [0.717, 1.165) is 38.3 Å². The summed E-state index contributed by atoms with van der Waals surface area (Å²) in [6.07, 6.45) is 3.47. The summed E-state index contributed by atoms with van der Waals surface area (Å²) in [5.74, 6) is 0.987. The number of hydrogen-bond donors (Lipinski definition) is 0. The van der Waals surface area contributed by atoms with Crippen molar-refractivity contribution < 1.29 is 0 Å². The predicted molar refractivity (Wildman–Crippen MR) is 59.2 cm³/mol. The smallest absolute Gasteiger partial charge is 0.140 e. The van der Waals surface area contributed by atoms with Crippen molar-refractivity contribution in [2.75, 3.05) is 13.1 Å². The lowest BCUT2D eigenvalue weighted by molar-refractivity contribution is 0.146. The zero-order valence-electron chi connectivity index (χ0n) is 9.85. The van der Waals surface area contributed by atoms with Crippen LogP contribution in [0.3, 0.4) is 0 Å². The predicted octanol–water partition coefficient (Wildman–Crippen LogP) is 0.941. The first kappa shape index (κ1) is 11.1. The molecule has 0 unspecified atom stereocenters. The Kier molecular flexibility index (Phi) is 2.92. The molecule has 1 aromatic rings. The molecule has 0 atom stereocenters. The summed E-state index contributed by atoms with van der Waals surface area (Å²) in [5.41, 5.74) is -0.129. The molecule has 86 valence electrons. The van der Waals surface area contributed by atoms with Crippen LogP contribution >= 0.6 is 0 Å². The first-order chi connectivity index (χ1) is 7.63. The molecule has 0 bridgehead atoms. The van der Waals surface area contributed by atoms with Crippen LogP contribution in [0, 0.1) is 16.7 Å². The molecular weight excluding hydrogens is 202 g/mol. The molecule has 1 saturated heterocycles. The zero-order valence-corrected chi connectivity index (χ0v) is 9.85. The highest BCUT2D eigenvalue weighted by atomic mass is 15.3. The third kappa shape index (κ3) is 2.22. The van der Waals surface area contributed by atoms with Crippen molar-refractivity contribution in [2.45, 2.75) is 26.3 Å². The van der Waals surface area contributed by atoms with Gasteiger partial charge in [0.05, 0.1) is 18.0 Å². The Morgan fingerprint density at radius 1 is 1.50 bits per heavy atom. The SMILES string of the molecule is Cn1ncnc1CN1CCC(C)(C#N)CC1. The Morgan fingerprint density at radius 3 is 2.69 bits per heavy atom. The van der Waals surface area contributed by atoms with Gasteiger partial charge in [-0.05, 0) is 19.8 Å². The van der Waals surface area contributed by atoms with Crippen LogP contribution in [0.2, 0.25) is 0 Å². The summed E-state index contributed by atoms with van der Waals surface area (Å²) >= 11 is 0. The molecule has 0 N–H and O–H groups in total. The number of nitrogens with zero attached hydrogens (tertiary/aromatic N) is 5. The number of rotatable bonds is 2. The zero-order chi connectivity index (χ0) is 11.6. The Hall–Kier alpha value is -1.41. The van der Waals surface area contributed by atoms with Crippen molar-refractivity contribution in [2.24, 2.45) is 12.5 Å². The van der Waals surface area contributed by atoms with Crippen molar-refractivity contribution >= 4 is 0 Å². The van der Waals surface area contributed by atoms with Crippen LogP contribution < -0.4 is 0 Å². The maximum Gasteiger partial charge on any atom is 0.140 e. The van der Waals surface area contributed by atoms with Crippen molar-refractivity contribution in [1.82, 2.24) is 19.7 Å². The standard InChI is InChI=1S/C11H17N5/c1-11(8-12)3-5-16(6-4-11)7-10-13-9-14-15(10)2/h9H,3-7H2,1-2H3. The molecule has 1 fully saturated rings. The van der Waals surface area contributed by atoms with E-state index in [2.05, 4.69) is 21.1 Å². The van der Waals surface area contributed by atoms with Crippen LogP contribution in [0.1, 0.15) is 25.6 Å². The molecule has 16 heavy (non-hydrogen) atoms. The molecule has 1 aliphatic heterocycles. The third-order valence-corrected chi connectivity index (χ3v) is 3.40. The maximum atomic E-state index is 9.04. The third-order valence-electron chi connectivity index (χ3n) is 3.40. The van der Waals surface area contributed by atoms with Crippen LogP contribution in [0.25, 0.3) is 0 Å². The van der Waals surface area contributed by atoms with Crippen LogP contribution in [-0.2, 0) is 13.6 Å². The average Bonchev–Trinajstić information content (AvgIpc) is 2.68. The summed E-state index contributed by atoms with van der Waals surface area (Å²) in [6.45, 7) is 4.82. The summed E-state index contributed by atoms with van der Waals surface area (Å²) in [5, 5.41) is 13.1. The molecule has 5 heteroatoms. The van der Waals surface area contributed by atoms with E-state index in [9.17, 15) is 0 Å². The number of nitriles is 1. The van der Waals surface area contributed by atoms with E-state index in [1.54, 1.807) is 11.0 Å². The molecule has 0 aromatic carbocycles. The Labute approximate surface area is 95.7 Å². The van der Waals surface area contributed by atoms with Crippen LogP contribution in [0.15, 0.2) is 6.33 Å². The number of piperidine rings is 1. The highest BCUT2D eigenvalue weighted by Gasteiger charge is 2.30. The number of aryl methyl sites for hydroxylation is 1. The molecule has 1 aliphatic rings. The van der Waals surface area contributed by atoms with Gasteiger partial charge < -0.3 is 0 Å². The molecule has 0 spiro atoms. The van der Waals surface area contributed by atoms with E-state index in [1.165, 1.54) is 0 Å². The largest absolute Gasteiger partial charge is 0.296 e.